The maximum atomic E-state index is 12.6. The molecule has 0 radical (unpaired) electrons. The Hall–Kier alpha value is -1.18. The fourth-order valence-electron chi connectivity index (χ4n) is 2.59. The predicted octanol–water partition coefficient (Wildman–Crippen LogP) is 1.75. The van der Waals surface area contributed by atoms with Gasteiger partial charge in [0.2, 0.25) is 10.0 Å². The molecule has 1 fully saturated rings. The molecule has 6 nitrogen and oxygen atoms in total. The first-order valence-corrected chi connectivity index (χ1v) is 8.81. The fourth-order valence-corrected chi connectivity index (χ4v) is 4.02. The van der Waals surface area contributed by atoms with Gasteiger partial charge in [-0.1, -0.05) is 6.92 Å². The molecule has 7 heteroatoms. The molecule has 0 saturated heterocycles. The van der Waals surface area contributed by atoms with Crippen LogP contribution in [0, 0.1) is 0 Å². The van der Waals surface area contributed by atoms with Crippen molar-refractivity contribution < 1.29 is 13.2 Å². The lowest BCUT2D eigenvalue weighted by Crippen LogP contribution is -2.40. The second kappa shape index (κ2) is 7.20. The standard InChI is InChI=1S/C14H23N3O3S/c1-3-9-15-14-13(8-5-10-16-14)21(18,19)17-11-6-4-7-12(11)20-2/h5,8,10-12,17H,3-4,6-7,9H2,1-2H3,(H,15,16). The summed E-state index contributed by atoms with van der Waals surface area (Å²) in [7, 11) is -1.98. The van der Waals surface area contributed by atoms with Crippen molar-refractivity contribution in [2.24, 2.45) is 0 Å². The van der Waals surface area contributed by atoms with Crippen LogP contribution in [0.3, 0.4) is 0 Å². The van der Waals surface area contributed by atoms with Crippen LogP contribution in [0.1, 0.15) is 32.6 Å². The van der Waals surface area contributed by atoms with Crippen molar-refractivity contribution in [3.63, 3.8) is 0 Å². The average molecular weight is 313 g/mol. The first kappa shape index (κ1) is 16.2. The molecule has 1 heterocycles. The number of ether oxygens (including phenoxy) is 1. The van der Waals surface area contributed by atoms with Gasteiger partial charge in [0.25, 0.3) is 0 Å². The molecule has 0 aromatic carbocycles. The lowest BCUT2D eigenvalue weighted by atomic mass is 10.2. The summed E-state index contributed by atoms with van der Waals surface area (Å²) in [6, 6.07) is 3.04. The van der Waals surface area contributed by atoms with Gasteiger partial charge in [-0.2, -0.15) is 0 Å². The number of aromatic nitrogens is 1. The van der Waals surface area contributed by atoms with Crippen molar-refractivity contribution >= 4 is 15.8 Å². The van der Waals surface area contributed by atoms with E-state index in [-0.39, 0.29) is 17.0 Å². The van der Waals surface area contributed by atoms with Crippen LogP contribution < -0.4 is 10.0 Å². The van der Waals surface area contributed by atoms with E-state index in [1.165, 1.54) is 0 Å². The van der Waals surface area contributed by atoms with E-state index in [1.807, 2.05) is 6.92 Å². The Kier molecular flexibility index (Phi) is 5.55. The summed E-state index contributed by atoms with van der Waals surface area (Å²) < 4.78 is 33.3. The van der Waals surface area contributed by atoms with E-state index < -0.39 is 10.0 Å². The molecule has 2 unspecified atom stereocenters. The number of hydrogen-bond donors (Lipinski definition) is 2. The summed E-state index contributed by atoms with van der Waals surface area (Å²) in [5.74, 6) is 0.402. The molecule has 0 aliphatic heterocycles. The Labute approximate surface area is 126 Å². The van der Waals surface area contributed by atoms with Crippen LogP contribution in [-0.4, -0.2) is 39.2 Å². The minimum Gasteiger partial charge on any atom is -0.380 e. The van der Waals surface area contributed by atoms with Crippen LogP contribution in [0.15, 0.2) is 23.2 Å². The van der Waals surface area contributed by atoms with Gasteiger partial charge in [-0.05, 0) is 37.8 Å². The van der Waals surface area contributed by atoms with Gasteiger partial charge in [-0.15, -0.1) is 0 Å². The molecule has 118 valence electrons. The number of nitrogens with zero attached hydrogens (tertiary/aromatic N) is 1. The van der Waals surface area contributed by atoms with Gasteiger partial charge in [-0.25, -0.2) is 18.1 Å². The lowest BCUT2D eigenvalue weighted by molar-refractivity contribution is 0.0916. The molecule has 0 bridgehead atoms. The van der Waals surface area contributed by atoms with Crippen LogP contribution in [0.4, 0.5) is 5.82 Å². The van der Waals surface area contributed by atoms with E-state index in [2.05, 4.69) is 15.0 Å². The minimum absolute atomic E-state index is 0.0523. The summed E-state index contributed by atoms with van der Waals surface area (Å²) >= 11 is 0. The molecule has 0 spiro atoms. The number of rotatable bonds is 7. The van der Waals surface area contributed by atoms with Gasteiger partial charge >= 0.3 is 0 Å². The van der Waals surface area contributed by atoms with Gasteiger partial charge < -0.3 is 10.1 Å². The Balaban J connectivity index is 2.19. The second-order valence-electron chi connectivity index (χ2n) is 5.21. The second-order valence-corrected chi connectivity index (χ2v) is 6.89. The number of pyridine rings is 1. The molecular weight excluding hydrogens is 290 g/mol. The Morgan fingerprint density at radius 3 is 2.95 bits per heavy atom. The maximum absolute atomic E-state index is 12.6. The number of hydrogen-bond acceptors (Lipinski definition) is 5. The van der Waals surface area contributed by atoms with Crippen LogP contribution in [-0.2, 0) is 14.8 Å². The van der Waals surface area contributed by atoms with Crippen LogP contribution in [0.5, 0.6) is 0 Å². The average Bonchev–Trinajstić information content (AvgIpc) is 2.91. The Morgan fingerprint density at radius 1 is 1.43 bits per heavy atom. The van der Waals surface area contributed by atoms with E-state index in [0.29, 0.717) is 12.4 Å². The predicted molar refractivity (Wildman–Crippen MR) is 81.8 cm³/mol. The molecule has 0 amide bonds. The van der Waals surface area contributed by atoms with E-state index in [9.17, 15) is 8.42 Å². The molecule has 2 atom stereocenters. The summed E-state index contributed by atoms with van der Waals surface area (Å²) in [6.07, 6.45) is 5.10. The summed E-state index contributed by atoms with van der Waals surface area (Å²) in [5.41, 5.74) is 0. The van der Waals surface area contributed by atoms with Gasteiger partial charge in [-0.3, -0.25) is 0 Å². The van der Waals surface area contributed by atoms with Gasteiger partial charge in [0.05, 0.1) is 6.10 Å². The zero-order valence-corrected chi connectivity index (χ0v) is 13.3. The van der Waals surface area contributed by atoms with E-state index in [4.69, 9.17) is 4.74 Å². The highest BCUT2D eigenvalue weighted by Crippen LogP contribution is 2.25. The first-order valence-electron chi connectivity index (χ1n) is 7.32. The molecular formula is C14H23N3O3S. The normalized spacial score (nSPS) is 22.4. The molecule has 1 aromatic rings. The van der Waals surface area contributed by atoms with Gasteiger partial charge in [0.15, 0.2) is 0 Å². The molecule has 1 aromatic heterocycles. The number of nitrogens with one attached hydrogen (secondary N) is 2. The van der Waals surface area contributed by atoms with Crippen molar-refractivity contribution in [3.8, 4) is 0 Å². The minimum atomic E-state index is -3.60. The third kappa shape index (κ3) is 3.93. The Bertz CT molecular complexity index is 562. The zero-order chi connectivity index (χ0) is 15.3. The molecule has 2 N–H and O–H groups in total. The quantitative estimate of drug-likeness (QED) is 0.801. The molecule has 1 aliphatic rings. The van der Waals surface area contributed by atoms with Gasteiger partial charge in [0.1, 0.15) is 10.7 Å². The maximum Gasteiger partial charge on any atom is 0.244 e. The van der Waals surface area contributed by atoms with Crippen molar-refractivity contribution in [1.82, 2.24) is 9.71 Å². The zero-order valence-electron chi connectivity index (χ0n) is 12.5. The third-order valence-corrected chi connectivity index (χ3v) is 5.19. The largest absolute Gasteiger partial charge is 0.380 e. The third-order valence-electron chi connectivity index (χ3n) is 3.66. The highest BCUT2D eigenvalue weighted by atomic mass is 32.2. The summed E-state index contributed by atoms with van der Waals surface area (Å²) in [4.78, 5) is 4.33. The van der Waals surface area contributed by atoms with E-state index in [0.717, 1.165) is 25.7 Å². The lowest BCUT2D eigenvalue weighted by Gasteiger charge is -2.20. The van der Waals surface area contributed by atoms with E-state index in [1.54, 1.807) is 25.4 Å². The van der Waals surface area contributed by atoms with Crippen molar-refractivity contribution in [2.75, 3.05) is 19.0 Å². The monoisotopic (exact) mass is 313 g/mol. The fraction of sp³-hybridized carbons (Fsp3) is 0.643. The number of sulfonamides is 1. The molecule has 1 saturated carbocycles. The number of anilines is 1. The van der Waals surface area contributed by atoms with Gasteiger partial charge in [0, 0.05) is 25.9 Å². The smallest absolute Gasteiger partial charge is 0.244 e. The molecule has 1 aliphatic carbocycles. The Morgan fingerprint density at radius 2 is 2.24 bits per heavy atom. The number of methoxy groups -OCH3 is 1. The highest BCUT2D eigenvalue weighted by Gasteiger charge is 2.32. The highest BCUT2D eigenvalue weighted by molar-refractivity contribution is 7.89. The van der Waals surface area contributed by atoms with Crippen molar-refractivity contribution in [1.29, 1.82) is 0 Å². The van der Waals surface area contributed by atoms with Crippen LogP contribution >= 0.6 is 0 Å². The van der Waals surface area contributed by atoms with Crippen molar-refractivity contribution in [3.05, 3.63) is 18.3 Å². The first-order chi connectivity index (χ1) is 10.1. The van der Waals surface area contributed by atoms with E-state index >= 15 is 0 Å². The topological polar surface area (TPSA) is 80.3 Å². The van der Waals surface area contributed by atoms with Crippen molar-refractivity contribution in [2.45, 2.75) is 49.6 Å². The van der Waals surface area contributed by atoms with Crippen LogP contribution in [0.2, 0.25) is 0 Å². The van der Waals surface area contributed by atoms with Crippen LogP contribution in [0.25, 0.3) is 0 Å². The molecule has 21 heavy (non-hydrogen) atoms. The molecule has 2 rings (SSSR count). The summed E-state index contributed by atoms with van der Waals surface area (Å²) in [6.45, 7) is 2.70. The SMILES string of the molecule is CCCNc1ncccc1S(=O)(=O)NC1CCCC1OC. The summed E-state index contributed by atoms with van der Waals surface area (Å²) in [5, 5.41) is 3.06.